The first-order valence-corrected chi connectivity index (χ1v) is 7.38. The number of rotatable bonds is 5. The van der Waals surface area contributed by atoms with E-state index in [2.05, 4.69) is 16.9 Å². The van der Waals surface area contributed by atoms with E-state index in [0.29, 0.717) is 12.0 Å². The zero-order chi connectivity index (χ0) is 12.8. The molecule has 1 aromatic heterocycles. The minimum absolute atomic E-state index is 0.301. The molecule has 0 amide bonds. The molecule has 18 heavy (non-hydrogen) atoms. The first-order chi connectivity index (χ1) is 8.83. The van der Waals surface area contributed by atoms with Gasteiger partial charge in [-0.2, -0.15) is 0 Å². The van der Waals surface area contributed by atoms with Crippen LogP contribution in [0.3, 0.4) is 0 Å². The predicted molar refractivity (Wildman–Crippen MR) is 72.9 cm³/mol. The van der Waals surface area contributed by atoms with Crippen LogP contribution in [0.1, 0.15) is 49.7 Å². The Balaban J connectivity index is 2.05. The van der Waals surface area contributed by atoms with Crippen molar-refractivity contribution in [2.45, 2.75) is 57.4 Å². The summed E-state index contributed by atoms with van der Waals surface area (Å²) in [5.74, 6) is 1.40. The van der Waals surface area contributed by atoms with Gasteiger partial charge in [0.15, 0.2) is 0 Å². The lowest BCUT2D eigenvalue weighted by Gasteiger charge is -2.22. The lowest BCUT2D eigenvalue weighted by atomic mass is 10.1. The maximum Gasteiger partial charge on any atom is 0.131 e. The fraction of sp³-hybridized carbons (Fsp3) is 0.714. The quantitative estimate of drug-likeness (QED) is 0.769. The smallest absolute Gasteiger partial charge is 0.131 e. The Bertz CT molecular complexity index is 378. The van der Waals surface area contributed by atoms with Crippen LogP contribution in [0.15, 0.2) is 6.20 Å². The number of aryl methyl sites for hydroxylation is 1. The number of ether oxygens (including phenoxy) is 1. The Morgan fingerprint density at radius 1 is 1.44 bits per heavy atom. The third kappa shape index (κ3) is 3.66. The monoisotopic (exact) mass is 268 g/mol. The van der Waals surface area contributed by atoms with E-state index in [1.165, 1.54) is 12.8 Å². The van der Waals surface area contributed by atoms with Gasteiger partial charge in [-0.15, -0.1) is 11.6 Å². The van der Waals surface area contributed by atoms with Crippen molar-refractivity contribution >= 4 is 11.6 Å². The average Bonchev–Trinajstić information content (AvgIpc) is 2.41. The lowest BCUT2D eigenvalue weighted by molar-refractivity contribution is 0.0156. The highest BCUT2D eigenvalue weighted by Crippen LogP contribution is 2.17. The third-order valence-electron chi connectivity index (χ3n) is 3.32. The molecule has 1 aliphatic rings. The number of hydrogen-bond acceptors (Lipinski definition) is 3. The van der Waals surface area contributed by atoms with E-state index in [-0.39, 0.29) is 0 Å². The van der Waals surface area contributed by atoms with Crippen LogP contribution in [0, 0.1) is 0 Å². The molecule has 0 saturated carbocycles. The van der Waals surface area contributed by atoms with Crippen molar-refractivity contribution in [3.63, 3.8) is 0 Å². The molecule has 1 saturated heterocycles. The summed E-state index contributed by atoms with van der Waals surface area (Å²) in [5, 5.41) is 0. The Hall–Kier alpha value is -0.670. The van der Waals surface area contributed by atoms with Gasteiger partial charge in [-0.1, -0.05) is 13.3 Å². The zero-order valence-electron chi connectivity index (χ0n) is 11.0. The fourth-order valence-electron chi connectivity index (χ4n) is 2.32. The molecule has 0 radical (unpaired) electrons. The molecule has 2 heterocycles. The van der Waals surface area contributed by atoms with Gasteiger partial charge in [0.25, 0.3) is 0 Å². The van der Waals surface area contributed by atoms with Gasteiger partial charge in [0.05, 0.1) is 12.0 Å². The summed E-state index contributed by atoms with van der Waals surface area (Å²) in [7, 11) is 0. The molecule has 0 bridgehead atoms. The SMILES string of the molecule is CCCc1nc(CC2CCCCO2)ncc1CCl. The number of alkyl halides is 1. The first-order valence-electron chi connectivity index (χ1n) is 6.84. The van der Waals surface area contributed by atoms with Gasteiger partial charge in [-0.05, 0) is 25.7 Å². The summed E-state index contributed by atoms with van der Waals surface area (Å²) in [6.07, 6.45) is 8.64. The Morgan fingerprint density at radius 2 is 2.33 bits per heavy atom. The molecule has 3 nitrogen and oxygen atoms in total. The molecule has 4 heteroatoms. The van der Waals surface area contributed by atoms with Crippen molar-refractivity contribution in [2.75, 3.05) is 6.61 Å². The Labute approximate surface area is 114 Å². The Kier molecular flexibility index (Phi) is 5.39. The van der Waals surface area contributed by atoms with Gasteiger partial charge in [-0.25, -0.2) is 9.97 Å². The van der Waals surface area contributed by atoms with Crippen LogP contribution in [-0.2, 0) is 23.5 Å². The van der Waals surface area contributed by atoms with Gasteiger partial charge in [0.1, 0.15) is 5.82 Å². The van der Waals surface area contributed by atoms with Gasteiger partial charge >= 0.3 is 0 Å². The first kappa shape index (κ1) is 13.8. The van der Waals surface area contributed by atoms with E-state index in [4.69, 9.17) is 16.3 Å². The summed E-state index contributed by atoms with van der Waals surface area (Å²) in [5.41, 5.74) is 2.17. The molecule has 0 spiro atoms. The summed E-state index contributed by atoms with van der Waals surface area (Å²) < 4.78 is 5.73. The fourth-order valence-corrected chi connectivity index (χ4v) is 2.54. The topological polar surface area (TPSA) is 35.0 Å². The van der Waals surface area contributed by atoms with Crippen molar-refractivity contribution in [1.29, 1.82) is 0 Å². The molecule has 100 valence electrons. The molecule has 1 unspecified atom stereocenters. The maximum absolute atomic E-state index is 5.91. The van der Waals surface area contributed by atoms with Gasteiger partial charge in [0.2, 0.25) is 0 Å². The molecular weight excluding hydrogens is 248 g/mol. The summed E-state index contributed by atoms with van der Waals surface area (Å²) in [6, 6.07) is 0. The second-order valence-corrected chi connectivity index (χ2v) is 5.10. The van der Waals surface area contributed by atoms with Crippen molar-refractivity contribution < 1.29 is 4.74 Å². The number of nitrogens with zero attached hydrogens (tertiary/aromatic N) is 2. The summed E-state index contributed by atoms with van der Waals surface area (Å²) in [4.78, 5) is 9.06. The van der Waals surface area contributed by atoms with Crippen LogP contribution in [0.2, 0.25) is 0 Å². The molecule has 1 fully saturated rings. The normalized spacial score (nSPS) is 20.0. The summed E-state index contributed by atoms with van der Waals surface area (Å²) >= 11 is 5.91. The van der Waals surface area contributed by atoms with Gasteiger partial charge < -0.3 is 4.74 Å². The van der Waals surface area contributed by atoms with Gasteiger partial charge in [-0.3, -0.25) is 0 Å². The third-order valence-corrected chi connectivity index (χ3v) is 3.61. The average molecular weight is 269 g/mol. The second-order valence-electron chi connectivity index (χ2n) is 4.83. The maximum atomic E-state index is 5.91. The highest BCUT2D eigenvalue weighted by atomic mass is 35.5. The number of hydrogen-bond donors (Lipinski definition) is 0. The molecule has 0 aromatic carbocycles. The van der Waals surface area contributed by atoms with Crippen molar-refractivity contribution in [3.05, 3.63) is 23.3 Å². The van der Waals surface area contributed by atoms with E-state index in [1.54, 1.807) is 0 Å². The van der Waals surface area contributed by atoms with E-state index in [1.807, 2.05) is 6.20 Å². The largest absolute Gasteiger partial charge is 0.378 e. The van der Waals surface area contributed by atoms with Crippen LogP contribution in [0.5, 0.6) is 0 Å². The second kappa shape index (κ2) is 7.05. The van der Waals surface area contributed by atoms with Crippen LogP contribution >= 0.6 is 11.6 Å². The van der Waals surface area contributed by atoms with E-state index < -0.39 is 0 Å². The predicted octanol–water partition coefficient (Wildman–Crippen LogP) is 3.28. The molecule has 0 aliphatic carbocycles. The molecule has 0 N–H and O–H groups in total. The van der Waals surface area contributed by atoms with Crippen LogP contribution in [0.4, 0.5) is 0 Å². The van der Waals surface area contributed by atoms with Crippen LogP contribution < -0.4 is 0 Å². The molecule has 1 aliphatic heterocycles. The standard InChI is InChI=1S/C14H21ClN2O/c1-2-5-13-11(9-15)10-16-14(17-13)8-12-6-3-4-7-18-12/h10,12H,2-9H2,1H3. The van der Waals surface area contributed by atoms with E-state index in [9.17, 15) is 0 Å². The highest BCUT2D eigenvalue weighted by molar-refractivity contribution is 6.17. The van der Waals surface area contributed by atoms with Crippen molar-refractivity contribution in [3.8, 4) is 0 Å². The lowest BCUT2D eigenvalue weighted by Crippen LogP contribution is -2.22. The number of aromatic nitrogens is 2. The van der Waals surface area contributed by atoms with Crippen molar-refractivity contribution in [2.24, 2.45) is 0 Å². The Morgan fingerprint density at radius 3 is 3.00 bits per heavy atom. The molecule has 1 atom stereocenters. The van der Waals surface area contributed by atoms with E-state index >= 15 is 0 Å². The summed E-state index contributed by atoms with van der Waals surface area (Å²) in [6.45, 7) is 3.04. The molecule has 1 aromatic rings. The highest BCUT2D eigenvalue weighted by Gasteiger charge is 2.16. The van der Waals surface area contributed by atoms with Crippen molar-refractivity contribution in [1.82, 2.24) is 9.97 Å². The number of halogens is 1. The zero-order valence-corrected chi connectivity index (χ0v) is 11.7. The van der Waals surface area contributed by atoms with Crippen LogP contribution in [-0.4, -0.2) is 22.7 Å². The minimum atomic E-state index is 0.301. The van der Waals surface area contributed by atoms with E-state index in [0.717, 1.165) is 49.4 Å². The minimum Gasteiger partial charge on any atom is -0.378 e. The van der Waals surface area contributed by atoms with Gasteiger partial charge in [0, 0.05) is 30.5 Å². The molecular formula is C14H21ClN2O. The van der Waals surface area contributed by atoms with Crippen LogP contribution in [0.25, 0.3) is 0 Å². The molecule has 2 rings (SSSR count).